The Balaban J connectivity index is 2.25. The molecule has 0 aliphatic rings. The van der Waals surface area contributed by atoms with Gasteiger partial charge in [0.25, 0.3) is 0 Å². The van der Waals surface area contributed by atoms with Crippen LogP contribution in [0, 0.1) is 17.1 Å². The number of benzene rings is 2. The Labute approximate surface area is 109 Å². The molecule has 0 atom stereocenters. The van der Waals surface area contributed by atoms with Gasteiger partial charge in [-0.1, -0.05) is 12.1 Å². The molecule has 1 heterocycles. The Morgan fingerprint density at radius 1 is 0.947 bits per heavy atom. The summed E-state index contributed by atoms with van der Waals surface area (Å²) in [5.41, 5.74) is 1.71. The predicted molar refractivity (Wildman–Crippen MR) is 69.6 cm³/mol. The van der Waals surface area contributed by atoms with E-state index in [0.29, 0.717) is 22.6 Å². The second-order valence-corrected chi connectivity index (χ2v) is 4.03. The maximum Gasteiger partial charge on any atom is 0.161 e. The number of hydrogen-bond acceptors (Lipinski definition) is 3. The van der Waals surface area contributed by atoms with Crippen LogP contribution in [0.4, 0.5) is 4.39 Å². The Hall–Kier alpha value is -2.80. The van der Waals surface area contributed by atoms with E-state index in [0.717, 1.165) is 5.39 Å². The largest absolute Gasteiger partial charge is 0.228 e. The van der Waals surface area contributed by atoms with E-state index in [2.05, 4.69) is 16.0 Å². The topological polar surface area (TPSA) is 49.6 Å². The predicted octanol–water partition coefficient (Wildman–Crippen LogP) is 3.31. The van der Waals surface area contributed by atoms with Crippen molar-refractivity contribution in [2.45, 2.75) is 0 Å². The van der Waals surface area contributed by atoms with E-state index in [1.54, 1.807) is 12.1 Å². The third-order valence-electron chi connectivity index (χ3n) is 2.81. The molecular weight excluding hydrogens is 241 g/mol. The lowest BCUT2D eigenvalue weighted by Gasteiger charge is -2.04. The van der Waals surface area contributed by atoms with Crippen LogP contribution in [0.3, 0.4) is 0 Å². The molecule has 0 saturated heterocycles. The van der Waals surface area contributed by atoms with Gasteiger partial charge in [0.1, 0.15) is 11.9 Å². The Kier molecular flexibility index (Phi) is 2.66. The van der Waals surface area contributed by atoms with Crippen molar-refractivity contribution in [3.63, 3.8) is 0 Å². The Bertz CT molecular complexity index is 789. The number of para-hydroxylation sites is 1. The van der Waals surface area contributed by atoms with Gasteiger partial charge in [-0.2, -0.15) is 5.26 Å². The number of nitriles is 1. The van der Waals surface area contributed by atoms with E-state index in [4.69, 9.17) is 5.26 Å². The second-order valence-electron chi connectivity index (χ2n) is 4.03. The van der Waals surface area contributed by atoms with Crippen LogP contribution in [-0.2, 0) is 0 Å². The summed E-state index contributed by atoms with van der Waals surface area (Å²) >= 11 is 0. The normalized spacial score (nSPS) is 10.3. The van der Waals surface area contributed by atoms with Gasteiger partial charge < -0.3 is 0 Å². The smallest absolute Gasteiger partial charge is 0.161 e. The molecule has 0 amide bonds. The zero-order valence-electron chi connectivity index (χ0n) is 9.84. The van der Waals surface area contributed by atoms with Gasteiger partial charge in [0.15, 0.2) is 11.5 Å². The average molecular weight is 249 g/mol. The minimum atomic E-state index is -0.315. The van der Waals surface area contributed by atoms with Gasteiger partial charge in [-0.25, -0.2) is 14.4 Å². The van der Waals surface area contributed by atoms with Crippen molar-refractivity contribution in [3.8, 4) is 17.5 Å². The summed E-state index contributed by atoms with van der Waals surface area (Å²) in [5.74, 6) is 0.111. The SMILES string of the molecule is N#Cc1nc(-c2ccc(F)cc2)nc2ccccc12. The van der Waals surface area contributed by atoms with Gasteiger partial charge in [0, 0.05) is 10.9 Å². The molecule has 0 unspecified atom stereocenters. The first-order valence-corrected chi connectivity index (χ1v) is 5.71. The first kappa shape index (κ1) is 11.3. The lowest BCUT2D eigenvalue weighted by molar-refractivity contribution is 0.628. The van der Waals surface area contributed by atoms with Crippen molar-refractivity contribution in [1.82, 2.24) is 9.97 Å². The summed E-state index contributed by atoms with van der Waals surface area (Å²) < 4.78 is 12.9. The Morgan fingerprint density at radius 2 is 1.68 bits per heavy atom. The summed E-state index contributed by atoms with van der Waals surface area (Å²) in [5, 5.41) is 9.87. The molecule has 3 rings (SSSR count). The molecule has 0 N–H and O–H groups in total. The molecule has 0 saturated carbocycles. The number of hydrogen-bond donors (Lipinski definition) is 0. The molecule has 0 aliphatic carbocycles. The number of aromatic nitrogens is 2. The minimum Gasteiger partial charge on any atom is -0.228 e. The van der Waals surface area contributed by atoms with Crippen LogP contribution in [-0.4, -0.2) is 9.97 Å². The van der Waals surface area contributed by atoms with Crippen molar-refractivity contribution in [2.24, 2.45) is 0 Å². The van der Waals surface area contributed by atoms with E-state index in [9.17, 15) is 4.39 Å². The van der Waals surface area contributed by atoms with E-state index < -0.39 is 0 Å². The highest BCUT2D eigenvalue weighted by molar-refractivity contribution is 5.84. The maximum absolute atomic E-state index is 12.9. The number of rotatable bonds is 1. The second kappa shape index (κ2) is 4.46. The van der Waals surface area contributed by atoms with Crippen LogP contribution in [0.1, 0.15) is 5.69 Å². The van der Waals surface area contributed by atoms with Crippen LogP contribution in [0.2, 0.25) is 0 Å². The van der Waals surface area contributed by atoms with Gasteiger partial charge >= 0.3 is 0 Å². The fourth-order valence-electron chi connectivity index (χ4n) is 1.89. The first-order valence-electron chi connectivity index (χ1n) is 5.71. The van der Waals surface area contributed by atoms with E-state index in [1.807, 2.05) is 24.3 Å². The molecule has 0 bridgehead atoms. The highest BCUT2D eigenvalue weighted by Gasteiger charge is 2.08. The molecule has 1 aromatic heterocycles. The van der Waals surface area contributed by atoms with E-state index in [1.165, 1.54) is 12.1 Å². The van der Waals surface area contributed by atoms with Crippen LogP contribution in [0.5, 0.6) is 0 Å². The van der Waals surface area contributed by atoms with E-state index in [-0.39, 0.29) is 5.82 Å². The minimum absolute atomic E-state index is 0.315. The van der Waals surface area contributed by atoms with Crippen molar-refractivity contribution in [3.05, 3.63) is 60.0 Å². The molecule has 0 fully saturated rings. The fraction of sp³-hybridized carbons (Fsp3) is 0. The molecule has 3 nitrogen and oxygen atoms in total. The van der Waals surface area contributed by atoms with Crippen LogP contribution >= 0.6 is 0 Å². The van der Waals surface area contributed by atoms with Crippen LogP contribution < -0.4 is 0 Å². The zero-order chi connectivity index (χ0) is 13.2. The zero-order valence-corrected chi connectivity index (χ0v) is 9.84. The highest BCUT2D eigenvalue weighted by Crippen LogP contribution is 2.21. The molecule has 0 aliphatic heterocycles. The summed E-state index contributed by atoms with van der Waals surface area (Å²) in [4.78, 5) is 8.62. The van der Waals surface area contributed by atoms with E-state index >= 15 is 0 Å². The lowest BCUT2D eigenvalue weighted by Crippen LogP contribution is -1.94. The summed E-state index contributed by atoms with van der Waals surface area (Å²) in [6.45, 7) is 0. The molecule has 0 spiro atoms. The molecule has 3 aromatic rings. The monoisotopic (exact) mass is 249 g/mol. The number of nitrogens with zero attached hydrogens (tertiary/aromatic N) is 3. The molecule has 19 heavy (non-hydrogen) atoms. The van der Waals surface area contributed by atoms with Crippen molar-refractivity contribution >= 4 is 10.9 Å². The fourth-order valence-corrected chi connectivity index (χ4v) is 1.89. The number of halogens is 1. The maximum atomic E-state index is 12.9. The molecule has 4 heteroatoms. The molecule has 2 aromatic carbocycles. The summed E-state index contributed by atoms with van der Waals surface area (Å²) in [7, 11) is 0. The standard InChI is InChI=1S/C15H8FN3/c16-11-7-5-10(6-8-11)15-18-13-4-2-1-3-12(13)14(9-17)19-15/h1-8H. The number of fused-ring (bicyclic) bond motifs is 1. The first-order chi connectivity index (χ1) is 9.28. The van der Waals surface area contributed by atoms with Gasteiger partial charge in [-0.3, -0.25) is 0 Å². The summed E-state index contributed by atoms with van der Waals surface area (Å²) in [6, 6.07) is 15.3. The van der Waals surface area contributed by atoms with Gasteiger partial charge in [-0.15, -0.1) is 0 Å². The van der Waals surface area contributed by atoms with Crippen molar-refractivity contribution in [2.75, 3.05) is 0 Å². The van der Waals surface area contributed by atoms with Gasteiger partial charge in [0.2, 0.25) is 0 Å². The molecular formula is C15H8FN3. The van der Waals surface area contributed by atoms with Gasteiger partial charge in [-0.05, 0) is 36.4 Å². The van der Waals surface area contributed by atoms with Crippen LogP contribution in [0.25, 0.3) is 22.3 Å². The summed E-state index contributed by atoms with van der Waals surface area (Å²) in [6.07, 6.45) is 0. The molecule has 0 radical (unpaired) electrons. The van der Waals surface area contributed by atoms with Crippen LogP contribution in [0.15, 0.2) is 48.5 Å². The average Bonchev–Trinajstić information content (AvgIpc) is 2.47. The van der Waals surface area contributed by atoms with Crippen molar-refractivity contribution < 1.29 is 4.39 Å². The Morgan fingerprint density at radius 3 is 2.42 bits per heavy atom. The lowest BCUT2D eigenvalue weighted by atomic mass is 10.1. The third kappa shape index (κ3) is 2.02. The quantitative estimate of drug-likeness (QED) is 0.664. The van der Waals surface area contributed by atoms with Gasteiger partial charge in [0.05, 0.1) is 5.52 Å². The third-order valence-corrected chi connectivity index (χ3v) is 2.81. The highest BCUT2D eigenvalue weighted by atomic mass is 19.1. The molecule has 90 valence electrons. The van der Waals surface area contributed by atoms with Crippen molar-refractivity contribution in [1.29, 1.82) is 5.26 Å².